The number of hydrogen-bond donors (Lipinski definition) is 0. The second-order valence-corrected chi connectivity index (χ2v) is 5.61. The van der Waals surface area contributed by atoms with Gasteiger partial charge in [0.1, 0.15) is 0 Å². The van der Waals surface area contributed by atoms with Gasteiger partial charge in [0, 0.05) is 17.1 Å². The molecule has 0 N–H and O–H groups in total. The van der Waals surface area contributed by atoms with Crippen LogP contribution in [0.25, 0.3) is 0 Å². The second kappa shape index (κ2) is 6.16. The fraction of sp³-hybridized carbons (Fsp3) is 0.615. The first-order valence-electron chi connectivity index (χ1n) is 5.96. The monoisotopic (exact) mass is 221 g/mol. The topological polar surface area (TPSA) is 12.9 Å². The molecule has 2 rings (SSSR count). The van der Waals surface area contributed by atoms with Gasteiger partial charge < -0.3 is 0 Å². The SMILES string of the molecule is c1ccc(CCSC2CCCCC2)nc1. The van der Waals surface area contributed by atoms with Gasteiger partial charge in [0.15, 0.2) is 0 Å². The molecular weight excluding hydrogens is 202 g/mol. The van der Waals surface area contributed by atoms with E-state index in [9.17, 15) is 0 Å². The Kier molecular flexibility index (Phi) is 4.52. The Balaban J connectivity index is 1.66. The van der Waals surface area contributed by atoms with Gasteiger partial charge in [-0.1, -0.05) is 25.3 Å². The first-order chi connectivity index (χ1) is 7.45. The predicted octanol–water partition coefficient (Wildman–Crippen LogP) is 3.69. The predicted molar refractivity (Wildman–Crippen MR) is 67.3 cm³/mol. The minimum atomic E-state index is 0.933. The largest absolute Gasteiger partial charge is 0.261 e. The van der Waals surface area contributed by atoms with Crippen molar-refractivity contribution in [2.45, 2.75) is 43.8 Å². The van der Waals surface area contributed by atoms with Gasteiger partial charge in [-0.15, -0.1) is 0 Å². The summed E-state index contributed by atoms with van der Waals surface area (Å²) < 4.78 is 0. The van der Waals surface area contributed by atoms with Crippen LogP contribution in [0.15, 0.2) is 24.4 Å². The highest BCUT2D eigenvalue weighted by atomic mass is 32.2. The highest BCUT2D eigenvalue weighted by Gasteiger charge is 2.13. The molecule has 1 aromatic heterocycles. The summed E-state index contributed by atoms with van der Waals surface area (Å²) in [5.41, 5.74) is 1.24. The van der Waals surface area contributed by atoms with Crippen LogP contribution in [-0.2, 0) is 6.42 Å². The van der Waals surface area contributed by atoms with Crippen molar-refractivity contribution in [1.82, 2.24) is 4.98 Å². The molecular formula is C13H19NS. The van der Waals surface area contributed by atoms with Gasteiger partial charge in [-0.3, -0.25) is 4.98 Å². The van der Waals surface area contributed by atoms with Crippen molar-refractivity contribution in [2.24, 2.45) is 0 Å². The minimum Gasteiger partial charge on any atom is -0.261 e. The molecule has 1 fully saturated rings. The lowest BCUT2D eigenvalue weighted by Crippen LogP contribution is -2.09. The maximum absolute atomic E-state index is 4.35. The van der Waals surface area contributed by atoms with Crippen LogP contribution in [0.5, 0.6) is 0 Å². The van der Waals surface area contributed by atoms with Gasteiger partial charge in [0.25, 0.3) is 0 Å². The van der Waals surface area contributed by atoms with E-state index in [1.165, 1.54) is 43.6 Å². The molecule has 0 amide bonds. The van der Waals surface area contributed by atoms with Crippen LogP contribution in [0.1, 0.15) is 37.8 Å². The smallest absolute Gasteiger partial charge is 0.0411 e. The van der Waals surface area contributed by atoms with Crippen molar-refractivity contribution in [3.8, 4) is 0 Å². The summed E-state index contributed by atoms with van der Waals surface area (Å²) in [5, 5.41) is 0.933. The number of pyridine rings is 1. The summed E-state index contributed by atoms with van der Waals surface area (Å²) in [5.74, 6) is 1.24. The van der Waals surface area contributed by atoms with Gasteiger partial charge in [-0.05, 0) is 37.1 Å². The van der Waals surface area contributed by atoms with Crippen LogP contribution < -0.4 is 0 Å². The highest BCUT2D eigenvalue weighted by molar-refractivity contribution is 7.99. The zero-order valence-electron chi connectivity index (χ0n) is 9.19. The summed E-state index contributed by atoms with van der Waals surface area (Å²) >= 11 is 2.15. The van der Waals surface area contributed by atoms with Gasteiger partial charge in [0.2, 0.25) is 0 Å². The number of hydrogen-bond acceptors (Lipinski definition) is 2. The molecule has 2 heteroatoms. The molecule has 1 aliphatic carbocycles. The van der Waals surface area contributed by atoms with Crippen LogP contribution in [0.3, 0.4) is 0 Å². The molecule has 0 spiro atoms. The number of rotatable bonds is 4. The molecule has 0 unspecified atom stereocenters. The van der Waals surface area contributed by atoms with Crippen LogP contribution in [-0.4, -0.2) is 16.0 Å². The molecule has 0 radical (unpaired) electrons. The second-order valence-electron chi connectivity index (χ2n) is 4.20. The van der Waals surface area contributed by atoms with E-state index in [1.54, 1.807) is 0 Å². The summed E-state index contributed by atoms with van der Waals surface area (Å²) in [6.45, 7) is 0. The maximum atomic E-state index is 4.35. The van der Waals surface area contributed by atoms with E-state index >= 15 is 0 Å². The molecule has 15 heavy (non-hydrogen) atoms. The van der Waals surface area contributed by atoms with Crippen molar-refractivity contribution in [2.75, 3.05) is 5.75 Å². The highest BCUT2D eigenvalue weighted by Crippen LogP contribution is 2.28. The number of aryl methyl sites for hydroxylation is 1. The molecule has 82 valence electrons. The van der Waals surface area contributed by atoms with E-state index in [0.717, 1.165) is 11.7 Å². The van der Waals surface area contributed by atoms with E-state index in [4.69, 9.17) is 0 Å². The fourth-order valence-electron chi connectivity index (χ4n) is 2.11. The zero-order valence-corrected chi connectivity index (χ0v) is 10.0. The molecule has 0 bridgehead atoms. The van der Waals surface area contributed by atoms with E-state index in [0.29, 0.717) is 0 Å². The van der Waals surface area contributed by atoms with E-state index in [1.807, 2.05) is 12.3 Å². The van der Waals surface area contributed by atoms with Crippen molar-refractivity contribution in [3.63, 3.8) is 0 Å². The zero-order chi connectivity index (χ0) is 10.3. The molecule has 0 saturated heterocycles. The number of aromatic nitrogens is 1. The normalized spacial score (nSPS) is 17.9. The van der Waals surface area contributed by atoms with Gasteiger partial charge in [0.05, 0.1) is 0 Å². The molecule has 0 aromatic carbocycles. The lowest BCUT2D eigenvalue weighted by molar-refractivity contribution is 0.516. The summed E-state index contributed by atoms with van der Waals surface area (Å²) in [7, 11) is 0. The van der Waals surface area contributed by atoms with Crippen LogP contribution >= 0.6 is 11.8 Å². The van der Waals surface area contributed by atoms with Crippen LogP contribution in [0.2, 0.25) is 0 Å². The van der Waals surface area contributed by atoms with E-state index < -0.39 is 0 Å². The lowest BCUT2D eigenvalue weighted by Gasteiger charge is -2.20. The van der Waals surface area contributed by atoms with E-state index in [-0.39, 0.29) is 0 Å². The maximum Gasteiger partial charge on any atom is 0.0411 e. The quantitative estimate of drug-likeness (QED) is 0.769. The van der Waals surface area contributed by atoms with Crippen LogP contribution in [0, 0.1) is 0 Å². The van der Waals surface area contributed by atoms with Gasteiger partial charge in [-0.2, -0.15) is 11.8 Å². The Morgan fingerprint density at radius 3 is 2.80 bits per heavy atom. The van der Waals surface area contributed by atoms with E-state index in [2.05, 4.69) is 28.9 Å². The van der Waals surface area contributed by atoms with Gasteiger partial charge >= 0.3 is 0 Å². The Hall–Kier alpha value is -0.500. The third-order valence-corrected chi connectivity index (χ3v) is 4.37. The Morgan fingerprint density at radius 2 is 2.07 bits per heavy atom. The summed E-state index contributed by atoms with van der Waals surface area (Å²) in [6.07, 6.45) is 10.2. The molecule has 0 atom stereocenters. The van der Waals surface area contributed by atoms with Crippen molar-refractivity contribution < 1.29 is 0 Å². The molecule has 1 saturated carbocycles. The first kappa shape index (κ1) is 11.0. The summed E-state index contributed by atoms with van der Waals surface area (Å²) in [4.78, 5) is 4.35. The third kappa shape index (κ3) is 3.86. The molecule has 1 aliphatic rings. The lowest BCUT2D eigenvalue weighted by atomic mass is 10.0. The average Bonchev–Trinajstić information content (AvgIpc) is 2.32. The molecule has 1 aromatic rings. The number of nitrogens with zero attached hydrogens (tertiary/aromatic N) is 1. The molecule has 1 heterocycles. The first-order valence-corrected chi connectivity index (χ1v) is 7.01. The third-order valence-electron chi connectivity index (χ3n) is 2.99. The van der Waals surface area contributed by atoms with Gasteiger partial charge in [-0.25, -0.2) is 0 Å². The average molecular weight is 221 g/mol. The Labute approximate surface area is 96.7 Å². The number of thioether (sulfide) groups is 1. The Morgan fingerprint density at radius 1 is 1.20 bits per heavy atom. The Bertz CT molecular complexity index is 267. The standard InChI is InChI=1S/C13H19NS/c1-2-7-13(8-3-1)15-11-9-12-6-4-5-10-14-12/h4-6,10,13H,1-3,7-9,11H2. The van der Waals surface area contributed by atoms with Crippen LogP contribution in [0.4, 0.5) is 0 Å². The summed E-state index contributed by atoms with van der Waals surface area (Å²) in [6, 6.07) is 6.19. The molecule has 1 nitrogen and oxygen atoms in total. The molecule has 0 aliphatic heterocycles. The fourth-order valence-corrected chi connectivity index (χ4v) is 3.43. The minimum absolute atomic E-state index is 0.933. The van der Waals surface area contributed by atoms with Crippen molar-refractivity contribution in [1.29, 1.82) is 0 Å². The van der Waals surface area contributed by atoms with Crippen molar-refractivity contribution >= 4 is 11.8 Å². The van der Waals surface area contributed by atoms with Crippen molar-refractivity contribution in [3.05, 3.63) is 30.1 Å².